The minimum absolute atomic E-state index is 0.0721. The maximum absolute atomic E-state index is 14.0. The Kier molecular flexibility index (Phi) is 10.1. The molecule has 0 saturated carbocycles. The fraction of sp³-hybridized carbons (Fsp3) is 0.355. The van der Waals surface area contributed by atoms with Gasteiger partial charge >= 0.3 is 0 Å². The van der Waals surface area contributed by atoms with E-state index in [0.717, 1.165) is 21.2 Å². The fourth-order valence-corrected chi connectivity index (χ4v) is 4.89. The van der Waals surface area contributed by atoms with Gasteiger partial charge in [0.1, 0.15) is 11.9 Å². The molecule has 2 N–H and O–H groups in total. The van der Waals surface area contributed by atoms with Gasteiger partial charge < -0.3 is 34.1 Å². The smallest absolute Gasteiger partial charge is 0.252 e. The number of aliphatic hydroxyl groups excluding tert-OH is 1. The van der Waals surface area contributed by atoms with Crippen LogP contribution in [0.5, 0.6) is 23.0 Å². The van der Waals surface area contributed by atoms with Crippen LogP contribution >= 0.6 is 15.9 Å². The highest BCUT2D eigenvalue weighted by atomic mass is 79.9. The maximum atomic E-state index is 14.0. The van der Waals surface area contributed by atoms with Crippen LogP contribution in [-0.4, -0.2) is 63.1 Å². The number of rotatable bonds is 13. The Hall–Kier alpha value is -3.76. The lowest BCUT2D eigenvalue weighted by Crippen LogP contribution is -2.52. The molecule has 4 rings (SSSR count). The monoisotopic (exact) mass is 626 g/mol. The Morgan fingerprint density at radius 1 is 1.00 bits per heavy atom. The van der Waals surface area contributed by atoms with Crippen LogP contribution in [0.1, 0.15) is 30.0 Å². The van der Waals surface area contributed by atoms with E-state index in [1.807, 2.05) is 55.5 Å². The summed E-state index contributed by atoms with van der Waals surface area (Å²) in [6, 6.07) is 18.8. The molecule has 1 heterocycles. The number of hydrogen-bond acceptors (Lipinski definition) is 8. The number of hydrogen-bond donors (Lipinski definition) is 2. The Morgan fingerprint density at radius 2 is 1.66 bits per heavy atom. The summed E-state index contributed by atoms with van der Waals surface area (Å²) in [5.41, 5.74) is 1.25. The largest absolute Gasteiger partial charge is 0.494 e. The van der Waals surface area contributed by atoms with Crippen molar-refractivity contribution in [1.29, 1.82) is 0 Å². The lowest BCUT2D eigenvalue weighted by molar-refractivity contribution is -0.128. The lowest BCUT2D eigenvalue weighted by atomic mass is 9.86. The van der Waals surface area contributed by atoms with Gasteiger partial charge in [0.25, 0.3) is 5.91 Å². The predicted molar refractivity (Wildman–Crippen MR) is 159 cm³/mol. The van der Waals surface area contributed by atoms with Gasteiger partial charge in [-0.25, -0.2) is 4.99 Å². The quantitative estimate of drug-likeness (QED) is 0.265. The van der Waals surface area contributed by atoms with E-state index < -0.39 is 11.6 Å². The van der Waals surface area contributed by atoms with Crippen molar-refractivity contribution in [1.82, 2.24) is 5.32 Å². The molecule has 0 unspecified atom stereocenters. The number of methoxy groups -OCH3 is 3. The second-order valence-electron chi connectivity index (χ2n) is 9.57. The summed E-state index contributed by atoms with van der Waals surface area (Å²) in [5.74, 6) is 2.29. The van der Waals surface area contributed by atoms with Gasteiger partial charge in [-0.1, -0.05) is 28.1 Å². The number of benzene rings is 3. The zero-order chi connectivity index (χ0) is 29.4. The first kappa shape index (κ1) is 30.2. The summed E-state index contributed by atoms with van der Waals surface area (Å²) in [6.07, 6.45) is 0.356. The fourth-order valence-electron chi connectivity index (χ4n) is 4.63. The van der Waals surface area contributed by atoms with Gasteiger partial charge in [0.05, 0.1) is 27.9 Å². The van der Waals surface area contributed by atoms with E-state index in [9.17, 15) is 4.79 Å². The van der Waals surface area contributed by atoms with Crippen LogP contribution < -0.4 is 24.3 Å². The molecule has 0 saturated heterocycles. The molecule has 41 heavy (non-hydrogen) atoms. The van der Waals surface area contributed by atoms with E-state index in [-0.39, 0.29) is 19.1 Å². The van der Waals surface area contributed by atoms with Crippen molar-refractivity contribution in [2.75, 3.05) is 34.5 Å². The van der Waals surface area contributed by atoms with Crippen LogP contribution in [0.4, 0.5) is 0 Å². The second kappa shape index (κ2) is 13.7. The number of amides is 1. The first-order valence-electron chi connectivity index (χ1n) is 13.3. The third-order valence-corrected chi connectivity index (χ3v) is 7.42. The van der Waals surface area contributed by atoms with Gasteiger partial charge in [-0.3, -0.25) is 4.79 Å². The summed E-state index contributed by atoms with van der Waals surface area (Å²) in [6.45, 7) is 2.57. The summed E-state index contributed by atoms with van der Waals surface area (Å²) < 4.78 is 29.2. The van der Waals surface area contributed by atoms with Crippen LogP contribution in [0.3, 0.4) is 0 Å². The van der Waals surface area contributed by atoms with E-state index >= 15 is 0 Å². The summed E-state index contributed by atoms with van der Waals surface area (Å²) in [4.78, 5) is 18.9. The molecule has 0 radical (unpaired) electrons. The summed E-state index contributed by atoms with van der Waals surface area (Å²) in [7, 11) is 4.64. The first-order valence-corrected chi connectivity index (χ1v) is 14.0. The Labute approximate surface area is 248 Å². The molecule has 9 nitrogen and oxygen atoms in total. The van der Waals surface area contributed by atoms with Crippen LogP contribution in [0.15, 0.2) is 70.1 Å². The van der Waals surface area contributed by atoms with Crippen molar-refractivity contribution >= 4 is 27.7 Å². The highest BCUT2D eigenvalue weighted by molar-refractivity contribution is 9.10. The molecule has 0 aromatic heterocycles. The second-order valence-corrected chi connectivity index (χ2v) is 10.5. The van der Waals surface area contributed by atoms with Crippen molar-refractivity contribution in [3.05, 3.63) is 81.8 Å². The molecule has 3 aromatic carbocycles. The van der Waals surface area contributed by atoms with Gasteiger partial charge in [-0.2, -0.15) is 0 Å². The number of halogens is 1. The SMILES string of the molecule is COc1cc(CNC(=O)[C@]2(Cc3ccc(Br)cc3)N=C(c3ccc(OCCCO)cc3)O[C@@H]2C)cc(OC)c1OC. The highest BCUT2D eigenvalue weighted by Gasteiger charge is 2.50. The summed E-state index contributed by atoms with van der Waals surface area (Å²) >= 11 is 3.48. The lowest BCUT2D eigenvalue weighted by Gasteiger charge is -2.28. The van der Waals surface area contributed by atoms with Crippen molar-refractivity contribution in [3.63, 3.8) is 0 Å². The number of ether oxygens (including phenoxy) is 5. The average molecular weight is 628 g/mol. The van der Waals surface area contributed by atoms with Crippen LogP contribution in [0.25, 0.3) is 0 Å². The van der Waals surface area contributed by atoms with Gasteiger partial charge in [-0.05, 0) is 66.6 Å². The molecule has 218 valence electrons. The number of nitrogens with one attached hydrogen (secondary N) is 1. The predicted octanol–water partition coefficient (Wildman–Crippen LogP) is 4.70. The standard InChI is InChI=1S/C31H35BrN2O7/c1-20-31(18-21-6-10-24(32)11-7-21,34-29(41-20)23-8-12-25(13-9-23)40-15-5-14-35)30(36)33-19-22-16-26(37-2)28(39-4)27(17-22)38-3/h6-13,16-17,20,35H,5,14-15,18-19H2,1-4H3,(H,33,36)/t20-,31-/m1/s1. The topological polar surface area (TPSA) is 108 Å². The third-order valence-electron chi connectivity index (χ3n) is 6.89. The molecule has 1 amide bonds. The zero-order valence-electron chi connectivity index (χ0n) is 23.6. The van der Waals surface area contributed by atoms with Gasteiger partial charge in [0, 0.05) is 36.0 Å². The number of aliphatic hydroxyl groups is 1. The van der Waals surface area contributed by atoms with E-state index in [1.165, 1.54) is 0 Å². The Morgan fingerprint density at radius 3 is 2.24 bits per heavy atom. The Balaban J connectivity index is 1.62. The normalized spacial score (nSPS) is 17.8. The van der Waals surface area contributed by atoms with E-state index in [4.69, 9.17) is 33.8 Å². The molecular weight excluding hydrogens is 592 g/mol. The first-order chi connectivity index (χ1) is 19.8. The Bertz CT molecular complexity index is 1340. The van der Waals surface area contributed by atoms with Crippen molar-refractivity contribution < 1.29 is 33.6 Å². The van der Waals surface area contributed by atoms with E-state index in [0.29, 0.717) is 48.3 Å². The minimum Gasteiger partial charge on any atom is -0.494 e. The number of nitrogens with zero attached hydrogens (tertiary/aromatic N) is 1. The molecule has 3 aromatic rings. The zero-order valence-corrected chi connectivity index (χ0v) is 25.2. The highest BCUT2D eigenvalue weighted by Crippen LogP contribution is 2.38. The number of carbonyl (C=O) groups is 1. The summed E-state index contributed by atoms with van der Waals surface area (Å²) in [5, 5.41) is 12.0. The van der Waals surface area contributed by atoms with Gasteiger partial charge in [-0.15, -0.1) is 0 Å². The van der Waals surface area contributed by atoms with E-state index in [2.05, 4.69) is 21.2 Å². The molecule has 0 fully saturated rings. The van der Waals surface area contributed by atoms with E-state index in [1.54, 1.807) is 33.5 Å². The van der Waals surface area contributed by atoms with Gasteiger partial charge in [0.2, 0.25) is 11.6 Å². The molecule has 10 heteroatoms. The minimum atomic E-state index is -1.21. The molecule has 2 atom stereocenters. The van der Waals surface area contributed by atoms with Crippen molar-refractivity contribution in [3.8, 4) is 23.0 Å². The molecule has 1 aliphatic heterocycles. The average Bonchev–Trinajstić information content (AvgIpc) is 3.33. The molecule has 1 aliphatic rings. The third kappa shape index (κ3) is 6.94. The number of carbonyl (C=O) groups excluding carboxylic acids is 1. The van der Waals surface area contributed by atoms with Crippen molar-refractivity contribution in [2.24, 2.45) is 4.99 Å². The molecule has 0 aliphatic carbocycles. The molecule has 0 spiro atoms. The molecular formula is C31H35BrN2O7. The van der Waals surface area contributed by atoms with Gasteiger partial charge in [0.15, 0.2) is 17.0 Å². The number of aliphatic imine (C=N–C) groups is 1. The molecule has 0 bridgehead atoms. The maximum Gasteiger partial charge on any atom is 0.252 e. The van der Waals surface area contributed by atoms with Crippen molar-refractivity contribution in [2.45, 2.75) is 38.0 Å². The van der Waals surface area contributed by atoms with Crippen LogP contribution in [-0.2, 0) is 22.5 Å². The van der Waals surface area contributed by atoms with Crippen LogP contribution in [0.2, 0.25) is 0 Å². The van der Waals surface area contributed by atoms with Crippen LogP contribution in [0, 0.1) is 0 Å².